The van der Waals surface area contributed by atoms with Crippen LogP contribution in [0.4, 0.5) is 0 Å². The lowest BCUT2D eigenvalue weighted by molar-refractivity contribution is -0.133. The lowest BCUT2D eigenvalue weighted by atomic mass is 9.83. The van der Waals surface area contributed by atoms with Crippen LogP contribution in [0.15, 0.2) is 47.3 Å². The van der Waals surface area contributed by atoms with Gasteiger partial charge in [0, 0.05) is 43.7 Å². The first kappa shape index (κ1) is 16.9. The average Bonchev–Trinajstić information content (AvgIpc) is 2.67. The second-order valence-electron chi connectivity index (χ2n) is 7.34. The van der Waals surface area contributed by atoms with E-state index in [1.807, 2.05) is 45.9 Å². The fraction of sp³-hybridized carbons (Fsp3) is 0.429. The van der Waals surface area contributed by atoms with Crippen molar-refractivity contribution in [1.82, 2.24) is 9.47 Å². The lowest BCUT2D eigenvalue weighted by Gasteiger charge is -2.42. The molecule has 0 unspecified atom stereocenters. The Balaban J connectivity index is 1.41. The number of piperidine rings is 1. The van der Waals surface area contributed by atoms with Gasteiger partial charge in [-0.3, -0.25) is 9.59 Å². The van der Waals surface area contributed by atoms with Gasteiger partial charge in [-0.2, -0.15) is 0 Å². The SMILES string of the molecule is COc1ccc(CCC(=O)N2C[C@H]3C[C@H](C2)c2cccc(=O)n2C3)cc1. The third-order valence-electron chi connectivity index (χ3n) is 5.62. The molecular weight excluding hydrogens is 328 g/mol. The first-order chi connectivity index (χ1) is 12.6. The van der Waals surface area contributed by atoms with Gasteiger partial charge in [-0.05, 0) is 42.5 Å². The number of aryl methyl sites for hydroxylation is 1. The van der Waals surface area contributed by atoms with Crippen LogP contribution in [0.1, 0.15) is 30.0 Å². The predicted molar refractivity (Wildman–Crippen MR) is 99.4 cm³/mol. The van der Waals surface area contributed by atoms with E-state index in [1.165, 1.54) is 0 Å². The summed E-state index contributed by atoms with van der Waals surface area (Å²) in [6.07, 6.45) is 2.34. The van der Waals surface area contributed by atoms with Gasteiger partial charge in [-0.1, -0.05) is 18.2 Å². The molecule has 5 heteroatoms. The maximum absolute atomic E-state index is 12.7. The van der Waals surface area contributed by atoms with Crippen LogP contribution in [0.2, 0.25) is 0 Å². The van der Waals surface area contributed by atoms with Crippen molar-refractivity contribution in [2.45, 2.75) is 31.7 Å². The standard InChI is InChI=1S/C21H24N2O3/c1-26-18-8-5-15(6-9-18)7-10-20(24)22-12-16-11-17(14-22)19-3-2-4-21(25)23(19)13-16/h2-6,8-9,16-17H,7,10-14H2,1H3/t16-,17-/m1/s1. The molecule has 1 saturated heterocycles. The van der Waals surface area contributed by atoms with Crippen LogP contribution in [0, 0.1) is 5.92 Å². The third-order valence-corrected chi connectivity index (χ3v) is 5.62. The summed E-state index contributed by atoms with van der Waals surface area (Å²) in [4.78, 5) is 26.8. The van der Waals surface area contributed by atoms with Crippen LogP contribution in [-0.2, 0) is 17.8 Å². The van der Waals surface area contributed by atoms with E-state index in [2.05, 4.69) is 0 Å². The van der Waals surface area contributed by atoms with E-state index < -0.39 is 0 Å². The number of hydrogen-bond acceptors (Lipinski definition) is 3. The first-order valence-corrected chi connectivity index (χ1v) is 9.24. The molecule has 0 spiro atoms. The highest BCUT2D eigenvalue weighted by Gasteiger charge is 2.35. The fourth-order valence-corrected chi connectivity index (χ4v) is 4.30. The van der Waals surface area contributed by atoms with E-state index in [0.717, 1.165) is 49.5 Å². The van der Waals surface area contributed by atoms with Gasteiger partial charge in [0.2, 0.25) is 5.91 Å². The Morgan fingerprint density at radius 2 is 1.92 bits per heavy atom. The molecule has 26 heavy (non-hydrogen) atoms. The monoisotopic (exact) mass is 352 g/mol. The van der Waals surface area contributed by atoms with E-state index in [0.29, 0.717) is 12.3 Å². The summed E-state index contributed by atoms with van der Waals surface area (Å²) < 4.78 is 7.07. The summed E-state index contributed by atoms with van der Waals surface area (Å²) in [5.41, 5.74) is 2.31. The molecular formula is C21H24N2O3. The number of nitrogens with zero attached hydrogens (tertiary/aromatic N) is 2. The van der Waals surface area contributed by atoms with E-state index in [1.54, 1.807) is 13.2 Å². The van der Waals surface area contributed by atoms with Crippen LogP contribution in [0.3, 0.4) is 0 Å². The minimum atomic E-state index is 0.0801. The number of benzene rings is 1. The molecule has 136 valence electrons. The van der Waals surface area contributed by atoms with Crippen molar-refractivity contribution in [3.05, 3.63) is 64.1 Å². The number of aromatic nitrogens is 1. The second-order valence-corrected chi connectivity index (χ2v) is 7.34. The normalized spacial score (nSPS) is 21.2. The predicted octanol–water partition coefficient (Wildman–Crippen LogP) is 2.44. The zero-order valence-corrected chi connectivity index (χ0v) is 15.1. The van der Waals surface area contributed by atoms with Crippen molar-refractivity contribution >= 4 is 5.91 Å². The van der Waals surface area contributed by atoms with Crippen molar-refractivity contribution in [1.29, 1.82) is 0 Å². The molecule has 2 aliphatic rings. The number of likely N-dealkylation sites (tertiary alicyclic amines) is 1. The van der Waals surface area contributed by atoms with E-state index >= 15 is 0 Å². The maximum Gasteiger partial charge on any atom is 0.250 e. The minimum absolute atomic E-state index is 0.0801. The quantitative estimate of drug-likeness (QED) is 0.849. The van der Waals surface area contributed by atoms with Crippen LogP contribution >= 0.6 is 0 Å². The van der Waals surface area contributed by atoms with Gasteiger partial charge >= 0.3 is 0 Å². The minimum Gasteiger partial charge on any atom is -0.497 e. The van der Waals surface area contributed by atoms with Crippen molar-refractivity contribution in [2.24, 2.45) is 5.92 Å². The molecule has 0 radical (unpaired) electrons. The van der Waals surface area contributed by atoms with Gasteiger partial charge in [0.25, 0.3) is 5.56 Å². The largest absolute Gasteiger partial charge is 0.497 e. The van der Waals surface area contributed by atoms with Gasteiger partial charge in [0.05, 0.1) is 7.11 Å². The van der Waals surface area contributed by atoms with Gasteiger partial charge < -0.3 is 14.2 Å². The van der Waals surface area contributed by atoms with Crippen molar-refractivity contribution < 1.29 is 9.53 Å². The number of carbonyl (C=O) groups excluding carboxylic acids is 1. The molecule has 0 saturated carbocycles. The summed E-state index contributed by atoms with van der Waals surface area (Å²) in [6.45, 7) is 2.22. The Hall–Kier alpha value is -2.56. The van der Waals surface area contributed by atoms with Crippen molar-refractivity contribution in [3.8, 4) is 5.75 Å². The number of pyridine rings is 1. The van der Waals surface area contributed by atoms with Crippen molar-refractivity contribution in [2.75, 3.05) is 20.2 Å². The molecule has 0 N–H and O–H groups in total. The van der Waals surface area contributed by atoms with Gasteiger partial charge in [0.1, 0.15) is 5.75 Å². The summed E-state index contributed by atoms with van der Waals surface area (Å²) >= 11 is 0. The Morgan fingerprint density at radius 1 is 1.12 bits per heavy atom. The molecule has 2 atom stereocenters. The highest BCUT2D eigenvalue weighted by molar-refractivity contribution is 5.76. The number of rotatable bonds is 4. The zero-order chi connectivity index (χ0) is 18.1. The molecule has 2 aromatic rings. The molecule has 2 bridgehead atoms. The molecule has 4 rings (SSSR count). The molecule has 2 aliphatic heterocycles. The summed E-state index contributed by atoms with van der Waals surface area (Å²) in [6, 6.07) is 13.4. The number of hydrogen-bond donors (Lipinski definition) is 0. The number of methoxy groups -OCH3 is 1. The van der Waals surface area contributed by atoms with E-state index in [9.17, 15) is 9.59 Å². The van der Waals surface area contributed by atoms with Gasteiger partial charge in [0.15, 0.2) is 0 Å². The lowest BCUT2D eigenvalue weighted by Crippen LogP contribution is -2.49. The highest BCUT2D eigenvalue weighted by atomic mass is 16.5. The summed E-state index contributed by atoms with van der Waals surface area (Å²) in [5, 5.41) is 0. The van der Waals surface area contributed by atoms with Crippen LogP contribution in [0.5, 0.6) is 5.75 Å². The van der Waals surface area contributed by atoms with Crippen LogP contribution in [-0.4, -0.2) is 35.6 Å². The molecule has 1 fully saturated rings. The maximum atomic E-state index is 12.7. The van der Waals surface area contributed by atoms with Gasteiger partial charge in [-0.25, -0.2) is 0 Å². The van der Waals surface area contributed by atoms with E-state index in [-0.39, 0.29) is 17.4 Å². The van der Waals surface area contributed by atoms with Crippen molar-refractivity contribution in [3.63, 3.8) is 0 Å². The molecule has 1 aromatic heterocycles. The molecule has 1 amide bonds. The number of ether oxygens (including phenoxy) is 1. The zero-order valence-electron chi connectivity index (χ0n) is 15.1. The summed E-state index contributed by atoms with van der Waals surface area (Å²) in [5.74, 6) is 1.70. The number of fused-ring (bicyclic) bond motifs is 4. The molecule has 0 aliphatic carbocycles. The Bertz CT molecular complexity index is 856. The third kappa shape index (κ3) is 3.26. The number of carbonyl (C=O) groups is 1. The first-order valence-electron chi connectivity index (χ1n) is 9.24. The fourth-order valence-electron chi connectivity index (χ4n) is 4.30. The van der Waals surface area contributed by atoms with Crippen LogP contribution in [0.25, 0.3) is 0 Å². The summed E-state index contributed by atoms with van der Waals surface area (Å²) in [7, 11) is 1.65. The Labute approximate surface area is 153 Å². The Morgan fingerprint density at radius 3 is 2.69 bits per heavy atom. The highest BCUT2D eigenvalue weighted by Crippen LogP contribution is 2.35. The second kappa shape index (κ2) is 6.98. The average molecular weight is 352 g/mol. The van der Waals surface area contributed by atoms with E-state index in [4.69, 9.17) is 4.74 Å². The molecule has 1 aromatic carbocycles. The Kier molecular flexibility index (Phi) is 4.53. The van der Waals surface area contributed by atoms with Crippen LogP contribution < -0.4 is 10.3 Å². The molecule has 3 heterocycles. The number of amides is 1. The smallest absolute Gasteiger partial charge is 0.250 e. The molecule has 5 nitrogen and oxygen atoms in total. The topological polar surface area (TPSA) is 51.5 Å². The van der Waals surface area contributed by atoms with Gasteiger partial charge in [-0.15, -0.1) is 0 Å².